The van der Waals surface area contributed by atoms with Crippen molar-refractivity contribution in [3.05, 3.63) is 23.0 Å². The molecule has 1 aliphatic heterocycles. The van der Waals surface area contributed by atoms with Crippen molar-refractivity contribution in [2.24, 2.45) is 5.92 Å². The number of halogens is 1. The first-order valence-electron chi connectivity index (χ1n) is 5.14. The Kier molecular flexibility index (Phi) is 3.12. The highest BCUT2D eigenvalue weighted by atomic mass is 35.5. The molecule has 2 rings (SSSR count). The maximum Gasteiger partial charge on any atom is 0.227 e. The Labute approximate surface area is 98.9 Å². The van der Waals surface area contributed by atoms with Crippen LogP contribution in [0.3, 0.4) is 0 Å². The maximum atomic E-state index is 11.8. The van der Waals surface area contributed by atoms with Crippen LogP contribution in [0.5, 0.6) is 0 Å². The summed E-state index contributed by atoms with van der Waals surface area (Å²) < 4.78 is 0. The Hall–Kier alpha value is -1.13. The van der Waals surface area contributed by atoms with E-state index in [4.69, 9.17) is 16.7 Å². The number of carbonyl (C=O) groups excluding carboxylic acids is 1. The number of nitrogens with zero attached hydrogens (tertiary/aromatic N) is 2. The van der Waals surface area contributed by atoms with Gasteiger partial charge < -0.3 is 10.0 Å². The first-order chi connectivity index (χ1) is 7.63. The van der Waals surface area contributed by atoms with Crippen molar-refractivity contribution >= 4 is 23.2 Å². The zero-order valence-electron chi connectivity index (χ0n) is 8.98. The number of hydrogen-bond donors (Lipinski definition) is 1. The van der Waals surface area contributed by atoms with Crippen molar-refractivity contribution in [2.45, 2.75) is 13.3 Å². The fraction of sp³-hybridized carbons (Fsp3) is 0.455. The van der Waals surface area contributed by atoms with Crippen molar-refractivity contribution < 1.29 is 9.90 Å². The summed E-state index contributed by atoms with van der Waals surface area (Å²) in [4.78, 5) is 17.4. The maximum absolute atomic E-state index is 11.8. The van der Waals surface area contributed by atoms with E-state index in [0.717, 1.165) is 11.3 Å². The van der Waals surface area contributed by atoms with Gasteiger partial charge in [-0.2, -0.15) is 0 Å². The minimum absolute atomic E-state index is 0.00949. The van der Waals surface area contributed by atoms with Crippen molar-refractivity contribution in [1.82, 2.24) is 4.98 Å². The zero-order valence-corrected chi connectivity index (χ0v) is 9.74. The average molecular weight is 241 g/mol. The molecule has 0 bridgehead atoms. The molecule has 4 nitrogen and oxygen atoms in total. The lowest BCUT2D eigenvalue weighted by atomic mass is 10.1. The molecule has 0 spiro atoms. The molecule has 0 aromatic carbocycles. The van der Waals surface area contributed by atoms with Gasteiger partial charge in [0.15, 0.2) is 0 Å². The van der Waals surface area contributed by atoms with Crippen LogP contribution >= 0.6 is 11.6 Å². The Balaban J connectivity index is 2.35. The highest BCUT2D eigenvalue weighted by Crippen LogP contribution is 2.33. The van der Waals surface area contributed by atoms with E-state index < -0.39 is 0 Å². The van der Waals surface area contributed by atoms with Crippen LogP contribution < -0.4 is 4.90 Å². The van der Waals surface area contributed by atoms with Crippen molar-refractivity contribution in [2.75, 3.05) is 18.1 Å². The second-order valence-corrected chi connectivity index (χ2v) is 4.45. The topological polar surface area (TPSA) is 53.4 Å². The van der Waals surface area contributed by atoms with Gasteiger partial charge in [-0.25, -0.2) is 0 Å². The molecule has 0 radical (unpaired) electrons. The van der Waals surface area contributed by atoms with Gasteiger partial charge >= 0.3 is 0 Å². The summed E-state index contributed by atoms with van der Waals surface area (Å²) in [6, 6.07) is 0. The average Bonchev–Trinajstić information content (AvgIpc) is 2.60. The van der Waals surface area contributed by atoms with Gasteiger partial charge in [0.2, 0.25) is 5.91 Å². The van der Waals surface area contributed by atoms with Crippen molar-refractivity contribution in [3.63, 3.8) is 0 Å². The van der Waals surface area contributed by atoms with Crippen LogP contribution in [-0.4, -0.2) is 29.1 Å². The number of anilines is 1. The molecule has 5 heteroatoms. The minimum atomic E-state index is 0.00949. The summed E-state index contributed by atoms with van der Waals surface area (Å²) in [7, 11) is 0. The molecular weight excluding hydrogens is 228 g/mol. The largest absolute Gasteiger partial charge is 0.396 e. The second-order valence-electron chi connectivity index (χ2n) is 4.04. The van der Waals surface area contributed by atoms with E-state index >= 15 is 0 Å². The molecule has 1 aliphatic rings. The van der Waals surface area contributed by atoms with Gasteiger partial charge in [0.25, 0.3) is 0 Å². The van der Waals surface area contributed by atoms with Gasteiger partial charge in [-0.3, -0.25) is 9.78 Å². The third-order valence-electron chi connectivity index (χ3n) is 2.79. The summed E-state index contributed by atoms with van der Waals surface area (Å²) in [6.45, 7) is 2.43. The quantitative estimate of drug-likeness (QED) is 0.850. The predicted octanol–water partition coefficient (Wildman–Crippen LogP) is 1.39. The summed E-state index contributed by atoms with van der Waals surface area (Å²) >= 11 is 6.05. The number of hydrogen-bond acceptors (Lipinski definition) is 3. The van der Waals surface area contributed by atoms with E-state index in [0.29, 0.717) is 18.0 Å². The fourth-order valence-corrected chi connectivity index (χ4v) is 2.29. The van der Waals surface area contributed by atoms with Crippen molar-refractivity contribution in [3.8, 4) is 0 Å². The van der Waals surface area contributed by atoms with Crippen LogP contribution in [-0.2, 0) is 4.79 Å². The Morgan fingerprint density at radius 2 is 2.38 bits per heavy atom. The second kappa shape index (κ2) is 4.39. The number of aromatic nitrogens is 1. The molecule has 1 aromatic rings. The smallest absolute Gasteiger partial charge is 0.227 e. The normalized spacial score (nSPS) is 20.6. The Morgan fingerprint density at radius 1 is 1.62 bits per heavy atom. The molecule has 1 unspecified atom stereocenters. The molecule has 1 N–H and O–H groups in total. The molecule has 0 aliphatic carbocycles. The molecule has 1 amide bonds. The van der Waals surface area contributed by atoms with Crippen LogP contribution in [0.25, 0.3) is 0 Å². The van der Waals surface area contributed by atoms with E-state index in [9.17, 15) is 4.79 Å². The molecule has 86 valence electrons. The number of amides is 1. The number of rotatable bonds is 2. The Morgan fingerprint density at radius 3 is 2.94 bits per heavy atom. The van der Waals surface area contributed by atoms with Gasteiger partial charge in [0.1, 0.15) is 0 Å². The van der Waals surface area contributed by atoms with E-state index in [-0.39, 0.29) is 18.4 Å². The SMILES string of the molecule is Cc1cncc(Cl)c1N1CC(CO)CC1=O. The van der Waals surface area contributed by atoms with Gasteiger partial charge in [-0.05, 0) is 12.5 Å². The summed E-state index contributed by atoms with van der Waals surface area (Å²) in [6.07, 6.45) is 3.60. The van der Waals surface area contributed by atoms with Crippen molar-refractivity contribution in [1.29, 1.82) is 0 Å². The lowest BCUT2D eigenvalue weighted by molar-refractivity contribution is -0.117. The van der Waals surface area contributed by atoms with E-state index in [1.165, 1.54) is 6.20 Å². The van der Waals surface area contributed by atoms with Crippen LogP contribution in [0.4, 0.5) is 5.69 Å². The first kappa shape index (κ1) is 11.4. The van der Waals surface area contributed by atoms with Crippen LogP contribution in [0.15, 0.2) is 12.4 Å². The number of aliphatic hydroxyl groups is 1. The highest BCUT2D eigenvalue weighted by molar-refractivity contribution is 6.34. The van der Waals surface area contributed by atoms with Gasteiger partial charge in [-0.15, -0.1) is 0 Å². The summed E-state index contributed by atoms with van der Waals surface area (Å²) in [5, 5.41) is 9.54. The number of carbonyl (C=O) groups is 1. The zero-order chi connectivity index (χ0) is 11.7. The fourth-order valence-electron chi connectivity index (χ4n) is 1.99. The highest BCUT2D eigenvalue weighted by Gasteiger charge is 2.31. The molecular formula is C11H13ClN2O2. The van der Waals surface area contributed by atoms with Gasteiger partial charge in [0.05, 0.1) is 10.7 Å². The van der Waals surface area contributed by atoms with E-state index in [2.05, 4.69) is 4.98 Å². The first-order valence-corrected chi connectivity index (χ1v) is 5.52. The minimum Gasteiger partial charge on any atom is -0.396 e. The molecule has 2 heterocycles. The summed E-state index contributed by atoms with van der Waals surface area (Å²) in [5.41, 5.74) is 1.59. The Bertz CT molecular complexity index is 402. The van der Waals surface area contributed by atoms with Gasteiger partial charge in [0, 0.05) is 37.9 Å². The monoisotopic (exact) mass is 240 g/mol. The van der Waals surface area contributed by atoms with Crippen LogP contribution in [0, 0.1) is 12.8 Å². The van der Waals surface area contributed by atoms with E-state index in [1.54, 1.807) is 11.1 Å². The molecule has 1 fully saturated rings. The third-order valence-corrected chi connectivity index (χ3v) is 3.07. The molecule has 1 atom stereocenters. The van der Waals surface area contributed by atoms with Crippen LogP contribution in [0.2, 0.25) is 5.02 Å². The molecule has 1 aromatic heterocycles. The predicted molar refractivity (Wildman–Crippen MR) is 61.5 cm³/mol. The lowest BCUT2D eigenvalue weighted by Gasteiger charge is -2.19. The summed E-state index contributed by atoms with van der Waals surface area (Å²) in [5.74, 6) is 0.0198. The molecule has 1 saturated heterocycles. The van der Waals surface area contributed by atoms with Gasteiger partial charge in [-0.1, -0.05) is 11.6 Å². The molecule has 16 heavy (non-hydrogen) atoms. The standard InChI is InChI=1S/C11H13ClN2O2/c1-7-3-13-4-9(12)11(7)14-5-8(6-15)2-10(14)16/h3-4,8,15H,2,5-6H2,1H3. The number of aryl methyl sites for hydroxylation is 1. The molecule has 0 saturated carbocycles. The number of pyridine rings is 1. The third kappa shape index (κ3) is 1.90. The number of aliphatic hydroxyl groups excluding tert-OH is 1. The van der Waals surface area contributed by atoms with Crippen LogP contribution in [0.1, 0.15) is 12.0 Å². The lowest BCUT2D eigenvalue weighted by Crippen LogP contribution is -2.26. The van der Waals surface area contributed by atoms with E-state index in [1.807, 2.05) is 6.92 Å².